The van der Waals surface area contributed by atoms with E-state index in [0.717, 1.165) is 46.7 Å². The third-order valence-electron chi connectivity index (χ3n) is 9.31. The molecule has 0 bridgehead atoms. The molecule has 0 amide bonds. The van der Waals surface area contributed by atoms with Gasteiger partial charge in [-0.2, -0.15) is 10.5 Å². The van der Waals surface area contributed by atoms with E-state index >= 15 is 0 Å². The second-order valence-electron chi connectivity index (χ2n) is 12.3. The molecule has 46 heavy (non-hydrogen) atoms. The molecule has 0 unspecified atom stereocenters. The van der Waals surface area contributed by atoms with E-state index in [1.165, 1.54) is 43.8 Å². The number of hydrogen-bond donors (Lipinski definition) is 0. The highest BCUT2D eigenvalue weighted by molar-refractivity contribution is 6.27. The van der Waals surface area contributed by atoms with E-state index in [9.17, 15) is 10.5 Å². The van der Waals surface area contributed by atoms with Crippen LogP contribution in [0.4, 0.5) is 22.7 Å². The summed E-state index contributed by atoms with van der Waals surface area (Å²) in [6.07, 6.45) is 7.02. The van der Waals surface area contributed by atoms with Gasteiger partial charge in [0, 0.05) is 34.3 Å². The van der Waals surface area contributed by atoms with Crippen LogP contribution in [0.15, 0.2) is 137 Å². The Morgan fingerprint density at radius 2 is 1.17 bits per heavy atom. The quantitative estimate of drug-likeness (QED) is 0.143. The number of hydrogen-bond acceptors (Lipinski definition) is 4. The van der Waals surface area contributed by atoms with Crippen molar-refractivity contribution >= 4 is 55.1 Å². The summed E-state index contributed by atoms with van der Waals surface area (Å²) in [6.45, 7) is 4.28. The SMILES string of the molecule is CC1=CC=C(N(C2=C=C(C#N)C2)c2ccc3ccc4c(N(c5ccc(C)cc5)c5ccc(C#N)cc5)ccc5ccc2c3c54)CC1. The molecule has 0 aromatic heterocycles. The third-order valence-corrected chi connectivity index (χ3v) is 9.31. The van der Waals surface area contributed by atoms with E-state index in [4.69, 9.17) is 0 Å². The van der Waals surface area contributed by atoms with Crippen LogP contribution in [0.3, 0.4) is 0 Å². The van der Waals surface area contributed by atoms with Crippen molar-refractivity contribution in [2.75, 3.05) is 9.80 Å². The van der Waals surface area contributed by atoms with Crippen molar-refractivity contribution < 1.29 is 0 Å². The zero-order valence-corrected chi connectivity index (χ0v) is 25.8. The minimum absolute atomic E-state index is 0.624. The fraction of sp³-hybridized carbons (Fsp3) is 0.119. The van der Waals surface area contributed by atoms with E-state index in [-0.39, 0.29) is 0 Å². The van der Waals surface area contributed by atoms with Gasteiger partial charge in [-0.25, -0.2) is 0 Å². The summed E-state index contributed by atoms with van der Waals surface area (Å²) in [5.74, 6) is 0. The van der Waals surface area contributed by atoms with Crippen molar-refractivity contribution in [3.05, 3.63) is 149 Å². The van der Waals surface area contributed by atoms with Gasteiger partial charge in [-0.1, -0.05) is 71.5 Å². The maximum atomic E-state index is 9.51. The molecule has 0 saturated carbocycles. The smallest absolute Gasteiger partial charge is 0.104 e. The molecule has 0 radical (unpaired) electrons. The van der Waals surface area contributed by atoms with Crippen LogP contribution in [0.5, 0.6) is 0 Å². The number of nitrogens with zero attached hydrogens (tertiary/aromatic N) is 4. The molecule has 2 aliphatic rings. The van der Waals surface area contributed by atoms with Crippen LogP contribution in [-0.4, -0.2) is 0 Å². The monoisotopic (exact) mass is 590 g/mol. The Bertz CT molecular complexity index is 2400. The highest BCUT2D eigenvalue weighted by atomic mass is 15.2. The molecule has 6 aromatic carbocycles. The van der Waals surface area contributed by atoms with Gasteiger partial charge in [-0.3, -0.25) is 0 Å². The maximum Gasteiger partial charge on any atom is 0.104 e. The van der Waals surface area contributed by atoms with Crippen molar-refractivity contribution in [3.63, 3.8) is 0 Å². The first-order valence-corrected chi connectivity index (χ1v) is 15.6. The lowest BCUT2D eigenvalue weighted by Crippen LogP contribution is -2.25. The topological polar surface area (TPSA) is 54.1 Å². The second-order valence-corrected chi connectivity index (χ2v) is 12.3. The summed E-state index contributed by atoms with van der Waals surface area (Å²) in [7, 11) is 0. The van der Waals surface area contributed by atoms with Gasteiger partial charge in [0.2, 0.25) is 0 Å². The Labute approximate surface area is 268 Å². The number of benzene rings is 6. The average molecular weight is 591 g/mol. The minimum Gasteiger partial charge on any atom is -0.310 e. The lowest BCUT2D eigenvalue weighted by molar-refractivity contribution is 0.838. The van der Waals surface area contributed by atoms with Crippen molar-refractivity contribution in [2.45, 2.75) is 33.1 Å². The van der Waals surface area contributed by atoms with Crippen LogP contribution in [0, 0.1) is 29.6 Å². The van der Waals surface area contributed by atoms with E-state index in [0.29, 0.717) is 17.6 Å². The zero-order chi connectivity index (χ0) is 31.4. The molecule has 0 N–H and O–H groups in total. The van der Waals surface area contributed by atoms with Crippen LogP contribution in [0.1, 0.15) is 37.3 Å². The summed E-state index contributed by atoms with van der Waals surface area (Å²) in [4.78, 5) is 4.63. The molecule has 0 heterocycles. The molecule has 8 rings (SSSR count). The van der Waals surface area contributed by atoms with Gasteiger partial charge in [0.1, 0.15) is 6.07 Å². The predicted molar refractivity (Wildman–Crippen MR) is 189 cm³/mol. The van der Waals surface area contributed by atoms with Gasteiger partial charge in [0.25, 0.3) is 0 Å². The summed E-state index contributed by atoms with van der Waals surface area (Å²) >= 11 is 0. The number of nitriles is 2. The Morgan fingerprint density at radius 1 is 0.609 bits per heavy atom. The molecule has 0 atom stereocenters. The summed E-state index contributed by atoms with van der Waals surface area (Å²) in [5, 5.41) is 26.2. The van der Waals surface area contributed by atoms with Crippen LogP contribution in [-0.2, 0) is 0 Å². The van der Waals surface area contributed by atoms with E-state index in [1.54, 1.807) is 0 Å². The lowest BCUT2D eigenvalue weighted by atomic mass is 9.91. The largest absolute Gasteiger partial charge is 0.310 e. The number of rotatable bonds is 6. The predicted octanol–water partition coefficient (Wildman–Crippen LogP) is 11.0. The number of aryl methyl sites for hydroxylation is 1. The second kappa shape index (κ2) is 10.8. The van der Waals surface area contributed by atoms with E-state index < -0.39 is 0 Å². The first-order valence-electron chi connectivity index (χ1n) is 15.6. The van der Waals surface area contributed by atoms with Crippen LogP contribution in [0.25, 0.3) is 32.3 Å². The van der Waals surface area contributed by atoms with E-state index in [2.05, 4.69) is 126 Å². The molecule has 218 valence electrons. The molecule has 0 fully saturated rings. The molecular weight excluding hydrogens is 560 g/mol. The van der Waals surface area contributed by atoms with Crippen LogP contribution < -0.4 is 9.80 Å². The lowest BCUT2D eigenvalue weighted by Gasteiger charge is -2.34. The number of anilines is 4. The van der Waals surface area contributed by atoms with Crippen molar-refractivity contribution in [1.29, 1.82) is 10.5 Å². The van der Waals surface area contributed by atoms with Crippen LogP contribution >= 0.6 is 0 Å². The highest BCUT2D eigenvalue weighted by Gasteiger charge is 2.26. The maximum absolute atomic E-state index is 9.51. The molecule has 6 aromatic rings. The molecular formula is C42H30N4. The highest BCUT2D eigenvalue weighted by Crippen LogP contribution is 2.47. The Morgan fingerprint density at radius 3 is 1.72 bits per heavy atom. The Kier molecular flexibility index (Phi) is 6.47. The van der Waals surface area contributed by atoms with Gasteiger partial charge < -0.3 is 9.80 Å². The first kappa shape index (κ1) is 27.5. The summed E-state index contributed by atoms with van der Waals surface area (Å²) in [6, 6.07) is 38.8. The summed E-state index contributed by atoms with van der Waals surface area (Å²) in [5.41, 5.74) is 13.8. The molecule has 0 saturated heterocycles. The standard InChI is InChI=1S/C42H30N4/c1-27-3-13-33(14-4-27)45(35-17-7-29(25-43)8-18-35)39-21-11-31-10-20-38-40(22-12-32-9-19-37(39)41(31)42(32)38)46(36-23-30(24-36)26-44)34-15-5-28(2)6-16-34/h3-5,7-15,17-22H,6,16,23H2,1-2H3. The van der Waals surface area contributed by atoms with Crippen molar-refractivity contribution in [2.24, 2.45) is 0 Å². The molecule has 4 heteroatoms. The van der Waals surface area contributed by atoms with Crippen LogP contribution in [0.2, 0.25) is 0 Å². The molecule has 0 aliphatic heterocycles. The van der Waals surface area contributed by atoms with Crippen molar-refractivity contribution in [1.82, 2.24) is 0 Å². The van der Waals surface area contributed by atoms with Gasteiger partial charge in [0.15, 0.2) is 0 Å². The molecule has 4 nitrogen and oxygen atoms in total. The fourth-order valence-corrected chi connectivity index (χ4v) is 6.88. The Hall–Kier alpha value is -6.06. The Balaban J connectivity index is 1.38. The average Bonchev–Trinajstić information content (AvgIpc) is 3.07. The summed E-state index contributed by atoms with van der Waals surface area (Å²) < 4.78 is 0. The fourth-order valence-electron chi connectivity index (χ4n) is 6.88. The normalized spacial score (nSPS) is 14.2. The zero-order valence-electron chi connectivity index (χ0n) is 25.8. The van der Waals surface area contributed by atoms with Gasteiger partial charge in [0.05, 0.1) is 34.3 Å². The van der Waals surface area contributed by atoms with Gasteiger partial charge in [-0.15, -0.1) is 0 Å². The minimum atomic E-state index is 0.624. The number of allylic oxidation sites excluding steroid dienone is 4. The van der Waals surface area contributed by atoms with E-state index in [1.807, 2.05) is 24.3 Å². The molecule has 2 aliphatic carbocycles. The van der Waals surface area contributed by atoms with Gasteiger partial charge in [-0.05, 0) is 103 Å². The van der Waals surface area contributed by atoms with Gasteiger partial charge >= 0.3 is 0 Å². The molecule has 0 spiro atoms. The van der Waals surface area contributed by atoms with Crippen molar-refractivity contribution in [3.8, 4) is 12.1 Å². The third kappa shape index (κ3) is 4.44. The first-order chi connectivity index (χ1) is 22.5.